The minimum absolute atomic E-state index is 0.0110. The molecule has 1 aliphatic rings. The monoisotopic (exact) mass is 439 g/mol. The van der Waals surface area contributed by atoms with Gasteiger partial charge in [-0.3, -0.25) is 9.59 Å². The maximum atomic E-state index is 13.1. The van der Waals surface area contributed by atoms with Crippen molar-refractivity contribution < 1.29 is 18.8 Å². The summed E-state index contributed by atoms with van der Waals surface area (Å²) in [5.41, 5.74) is 3.75. The van der Waals surface area contributed by atoms with Gasteiger partial charge >= 0.3 is 0 Å². The fourth-order valence-electron chi connectivity index (χ4n) is 3.78. The number of benzene rings is 2. The molecule has 7 nitrogen and oxygen atoms in total. The van der Waals surface area contributed by atoms with E-state index < -0.39 is 0 Å². The Morgan fingerprint density at radius 1 is 1.26 bits per heavy atom. The first-order valence-electron chi connectivity index (χ1n) is 9.94. The van der Waals surface area contributed by atoms with Crippen LogP contribution in [-0.2, 0) is 16.0 Å². The number of nitrogens with one attached hydrogen (secondary N) is 1. The first-order valence-corrected chi connectivity index (χ1v) is 10.3. The number of ether oxygens (including phenoxy) is 1. The zero-order valence-corrected chi connectivity index (χ0v) is 18.0. The van der Waals surface area contributed by atoms with Gasteiger partial charge in [-0.05, 0) is 43.5 Å². The molecule has 0 radical (unpaired) electrons. The van der Waals surface area contributed by atoms with Crippen LogP contribution in [0, 0.1) is 6.92 Å². The fraction of sp³-hybridized carbons (Fsp3) is 0.261. The highest BCUT2D eigenvalue weighted by Crippen LogP contribution is 2.33. The van der Waals surface area contributed by atoms with Gasteiger partial charge in [-0.25, -0.2) is 0 Å². The molecule has 1 aromatic heterocycles. The van der Waals surface area contributed by atoms with Crippen LogP contribution in [0.25, 0.3) is 11.3 Å². The number of aromatic nitrogens is 1. The summed E-state index contributed by atoms with van der Waals surface area (Å²) < 4.78 is 10.3. The zero-order chi connectivity index (χ0) is 22.0. The number of methoxy groups -OCH3 is 1. The van der Waals surface area contributed by atoms with E-state index in [1.165, 1.54) is 7.11 Å². The van der Waals surface area contributed by atoms with Gasteiger partial charge in [0.1, 0.15) is 23.6 Å². The highest BCUT2D eigenvalue weighted by atomic mass is 35.5. The predicted molar refractivity (Wildman–Crippen MR) is 119 cm³/mol. The van der Waals surface area contributed by atoms with E-state index in [1.54, 1.807) is 24.0 Å². The van der Waals surface area contributed by atoms with Crippen molar-refractivity contribution in [2.75, 3.05) is 30.5 Å². The molecule has 1 N–H and O–H groups in total. The first-order chi connectivity index (χ1) is 15.0. The molecule has 2 amide bonds. The lowest BCUT2D eigenvalue weighted by atomic mass is 10.0. The van der Waals surface area contributed by atoms with Crippen molar-refractivity contribution in [3.05, 3.63) is 64.4 Å². The number of fused-ring (bicyclic) bond motifs is 1. The Bertz CT molecular complexity index is 1140. The lowest BCUT2D eigenvalue weighted by Gasteiger charge is -2.29. The fourth-order valence-corrected chi connectivity index (χ4v) is 4.01. The third kappa shape index (κ3) is 4.19. The third-order valence-electron chi connectivity index (χ3n) is 5.25. The molecule has 0 saturated carbocycles. The summed E-state index contributed by atoms with van der Waals surface area (Å²) in [4.78, 5) is 27.3. The quantitative estimate of drug-likeness (QED) is 0.633. The molecule has 2 aromatic carbocycles. The molecular formula is C23H22ClN3O4. The van der Waals surface area contributed by atoms with Gasteiger partial charge in [0.15, 0.2) is 0 Å². The van der Waals surface area contributed by atoms with Crippen molar-refractivity contribution >= 4 is 34.8 Å². The van der Waals surface area contributed by atoms with E-state index in [0.29, 0.717) is 39.8 Å². The molecule has 0 unspecified atom stereocenters. The Morgan fingerprint density at radius 2 is 2.06 bits per heavy atom. The van der Waals surface area contributed by atoms with Crippen LogP contribution in [0.15, 0.2) is 47.0 Å². The van der Waals surface area contributed by atoms with Crippen LogP contribution < -0.4 is 10.2 Å². The van der Waals surface area contributed by atoms with Gasteiger partial charge < -0.3 is 19.5 Å². The second-order valence-electron chi connectivity index (χ2n) is 7.32. The number of carbonyl (C=O) groups is 2. The van der Waals surface area contributed by atoms with E-state index in [9.17, 15) is 9.59 Å². The van der Waals surface area contributed by atoms with E-state index >= 15 is 0 Å². The first kappa shape index (κ1) is 21.1. The molecule has 31 heavy (non-hydrogen) atoms. The summed E-state index contributed by atoms with van der Waals surface area (Å²) in [6.07, 6.45) is 1.76. The van der Waals surface area contributed by atoms with Crippen LogP contribution in [0.5, 0.6) is 0 Å². The van der Waals surface area contributed by atoms with Crippen LogP contribution in [0.1, 0.15) is 28.1 Å². The molecule has 0 atom stereocenters. The number of carbonyl (C=O) groups excluding carboxylic acids is 2. The van der Waals surface area contributed by atoms with Crippen molar-refractivity contribution in [1.82, 2.24) is 5.16 Å². The SMILES string of the molecule is COCC(=O)N1CCCc2ccc(NC(=O)c3c(-c4ccccc4Cl)noc3C)cc21. The molecular weight excluding hydrogens is 418 g/mol. The van der Waals surface area contributed by atoms with Gasteiger partial charge in [0.25, 0.3) is 11.8 Å². The lowest BCUT2D eigenvalue weighted by molar-refractivity contribution is -0.122. The minimum Gasteiger partial charge on any atom is -0.375 e. The van der Waals surface area contributed by atoms with E-state index in [2.05, 4.69) is 10.5 Å². The van der Waals surface area contributed by atoms with Crippen molar-refractivity contribution in [3.8, 4) is 11.3 Å². The smallest absolute Gasteiger partial charge is 0.261 e. The largest absolute Gasteiger partial charge is 0.375 e. The summed E-state index contributed by atoms with van der Waals surface area (Å²) in [6.45, 7) is 2.31. The molecule has 0 saturated heterocycles. The number of aryl methyl sites for hydroxylation is 2. The average Bonchev–Trinajstić information content (AvgIpc) is 3.15. The summed E-state index contributed by atoms with van der Waals surface area (Å²) in [5.74, 6) is -0.0794. The normalized spacial score (nSPS) is 13.1. The van der Waals surface area contributed by atoms with E-state index in [-0.39, 0.29) is 18.4 Å². The maximum Gasteiger partial charge on any atom is 0.261 e. The number of amides is 2. The Labute approximate surface area is 184 Å². The Kier molecular flexibility index (Phi) is 6.06. The standard InChI is InChI=1S/C23H22ClN3O4/c1-14-21(22(26-31-14)17-7-3-4-8-18(17)24)23(29)25-16-10-9-15-6-5-11-27(19(15)12-16)20(28)13-30-2/h3-4,7-10,12H,5-6,11,13H2,1-2H3,(H,25,29). The highest BCUT2D eigenvalue weighted by molar-refractivity contribution is 6.33. The van der Waals surface area contributed by atoms with Crippen molar-refractivity contribution in [2.45, 2.75) is 19.8 Å². The van der Waals surface area contributed by atoms with Gasteiger partial charge in [0, 0.05) is 30.6 Å². The number of rotatable bonds is 5. The third-order valence-corrected chi connectivity index (χ3v) is 5.58. The Morgan fingerprint density at radius 3 is 2.84 bits per heavy atom. The van der Waals surface area contributed by atoms with Gasteiger partial charge in [-0.15, -0.1) is 0 Å². The van der Waals surface area contributed by atoms with Crippen LogP contribution in [0.2, 0.25) is 5.02 Å². The molecule has 0 fully saturated rings. The molecule has 1 aliphatic heterocycles. The van der Waals surface area contributed by atoms with Gasteiger partial charge in [-0.1, -0.05) is 41.0 Å². The molecule has 2 heterocycles. The number of hydrogen-bond donors (Lipinski definition) is 1. The molecule has 0 spiro atoms. The second-order valence-corrected chi connectivity index (χ2v) is 7.73. The van der Waals surface area contributed by atoms with Gasteiger partial charge in [-0.2, -0.15) is 0 Å². The predicted octanol–water partition coefficient (Wildman–Crippen LogP) is 4.48. The zero-order valence-electron chi connectivity index (χ0n) is 17.3. The second kappa shape index (κ2) is 8.91. The topological polar surface area (TPSA) is 84.7 Å². The van der Waals surface area contributed by atoms with Crippen LogP contribution in [0.4, 0.5) is 11.4 Å². The Balaban J connectivity index is 1.64. The summed E-state index contributed by atoms with van der Waals surface area (Å²) in [6, 6.07) is 12.7. The van der Waals surface area contributed by atoms with E-state index in [4.69, 9.17) is 20.9 Å². The maximum absolute atomic E-state index is 13.1. The molecule has 0 bridgehead atoms. The minimum atomic E-state index is -0.362. The summed E-state index contributed by atoms with van der Waals surface area (Å²) in [5, 5.41) is 7.43. The molecule has 4 rings (SSSR count). The van der Waals surface area contributed by atoms with E-state index in [0.717, 1.165) is 24.1 Å². The highest BCUT2D eigenvalue weighted by Gasteiger charge is 2.25. The number of halogens is 1. The van der Waals surface area contributed by atoms with E-state index in [1.807, 2.05) is 30.3 Å². The summed E-state index contributed by atoms with van der Waals surface area (Å²) in [7, 11) is 1.50. The van der Waals surface area contributed by atoms with Gasteiger partial charge in [0.2, 0.25) is 0 Å². The van der Waals surface area contributed by atoms with Crippen LogP contribution in [-0.4, -0.2) is 37.2 Å². The lowest BCUT2D eigenvalue weighted by Crippen LogP contribution is -2.37. The average molecular weight is 440 g/mol. The van der Waals surface area contributed by atoms with Crippen molar-refractivity contribution in [1.29, 1.82) is 0 Å². The number of nitrogens with zero attached hydrogens (tertiary/aromatic N) is 2. The van der Waals surface area contributed by atoms with Crippen LogP contribution >= 0.6 is 11.6 Å². The molecule has 0 aliphatic carbocycles. The number of anilines is 2. The van der Waals surface area contributed by atoms with Crippen molar-refractivity contribution in [3.63, 3.8) is 0 Å². The van der Waals surface area contributed by atoms with Gasteiger partial charge in [0.05, 0.1) is 5.02 Å². The van der Waals surface area contributed by atoms with Crippen LogP contribution in [0.3, 0.4) is 0 Å². The Hall–Kier alpha value is -3.16. The number of hydrogen-bond acceptors (Lipinski definition) is 5. The molecule has 160 valence electrons. The van der Waals surface area contributed by atoms with Crippen molar-refractivity contribution in [2.24, 2.45) is 0 Å². The molecule has 3 aromatic rings. The summed E-state index contributed by atoms with van der Waals surface area (Å²) >= 11 is 6.29. The molecule has 8 heteroatoms.